The van der Waals surface area contributed by atoms with Gasteiger partial charge in [-0.1, -0.05) is 30.3 Å². The molecule has 1 unspecified atom stereocenters. The molecule has 3 aliphatic rings. The Bertz CT molecular complexity index is 2030. The average molecular weight is 667 g/mol. The van der Waals surface area contributed by atoms with Gasteiger partial charge in [-0.2, -0.15) is 15.5 Å². The molecule has 0 bridgehead atoms. The summed E-state index contributed by atoms with van der Waals surface area (Å²) in [5, 5.41) is 21.5. The van der Waals surface area contributed by atoms with Crippen LogP contribution in [0.2, 0.25) is 0 Å². The Morgan fingerprint density at radius 2 is 1.64 bits per heavy atom. The number of aromatic nitrogens is 5. The number of piperidine rings is 2. The second kappa shape index (κ2) is 14.0. The second-order valence-corrected chi connectivity index (χ2v) is 14.3. The van der Waals surface area contributed by atoms with E-state index in [9.17, 15) is 14.9 Å². The minimum atomic E-state index is -0.216. The van der Waals surface area contributed by atoms with E-state index in [2.05, 4.69) is 67.6 Å². The van der Waals surface area contributed by atoms with Crippen LogP contribution in [0.15, 0.2) is 79.6 Å². The average Bonchev–Trinajstić information content (AvgIpc) is 3.83. The van der Waals surface area contributed by atoms with Crippen molar-refractivity contribution in [1.29, 1.82) is 5.26 Å². The van der Waals surface area contributed by atoms with Crippen molar-refractivity contribution in [2.45, 2.75) is 75.7 Å². The number of rotatable bonds is 8. The Kier molecular flexibility index (Phi) is 8.98. The van der Waals surface area contributed by atoms with Gasteiger partial charge in [0.1, 0.15) is 6.07 Å². The molecule has 1 atom stereocenters. The van der Waals surface area contributed by atoms with Gasteiger partial charge in [-0.25, -0.2) is 4.52 Å². The molecule has 1 N–H and O–H groups in total. The highest BCUT2D eigenvalue weighted by Crippen LogP contribution is 2.37. The van der Waals surface area contributed by atoms with Crippen molar-refractivity contribution in [3.8, 4) is 28.3 Å². The van der Waals surface area contributed by atoms with E-state index in [-0.39, 0.29) is 17.7 Å². The van der Waals surface area contributed by atoms with E-state index in [1.807, 2.05) is 30.7 Å². The molecule has 50 heavy (non-hydrogen) atoms. The van der Waals surface area contributed by atoms with Crippen molar-refractivity contribution in [2.75, 3.05) is 19.6 Å². The van der Waals surface area contributed by atoms with Gasteiger partial charge in [0.05, 0.1) is 35.4 Å². The van der Waals surface area contributed by atoms with Crippen molar-refractivity contribution in [1.82, 2.24) is 34.6 Å². The Morgan fingerprint density at radius 1 is 0.840 bits per heavy atom. The smallest absolute Gasteiger partial charge is 0.234 e. The molecular weight excluding hydrogens is 624 g/mol. The van der Waals surface area contributed by atoms with Crippen LogP contribution in [0.3, 0.4) is 0 Å². The van der Waals surface area contributed by atoms with E-state index in [4.69, 9.17) is 5.10 Å². The van der Waals surface area contributed by atoms with Gasteiger partial charge in [-0.15, -0.1) is 0 Å². The number of likely N-dealkylation sites (tertiary alicyclic amines) is 1. The first-order valence-corrected chi connectivity index (χ1v) is 18.0. The van der Waals surface area contributed by atoms with Crippen molar-refractivity contribution < 1.29 is 9.59 Å². The molecule has 10 nitrogen and oxygen atoms in total. The molecule has 2 aliphatic heterocycles. The fourth-order valence-corrected chi connectivity index (χ4v) is 8.36. The first-order valence-electron chi connectivity index (χ1n) is 18.0. The fourth-order valence-electron chi connectivity index (χ4n) is 8.36. The van der Waals surface area contributed by atoms with Crippen LogP contribution in [0.5, 0.6) is 0 Å². The zero-order chi connectivity index (χ0) is 34.0. The first-order chi connectivity index (χ1) is 24.5. The molecular formula is C40H42N8O2. The molecule has 0 spiro atoms. The van der Waals surface area contributed by atoms with E-state index in [1.54, 1.807) is 16.9 Å². The third-order valence-corrected chi connectivity index (χ3v) is 11.3. The number of nitrogens with one attached hydrogen (secondary N) is 1. The SMILES string of the molecule is N#Cc1cnn2cc(-c3cnn(C4CCC(CCN5CCC(c6ccc(C7CCC(=O)NC7=O)cc6)CC5)CC4)c3)cc(-c3cccnc3)c12. The Labute approximate surface area is 292 Å². The number of carbonyl (C=O) groups excluding carboxylic acids is 2. The number of nitriles is 1. The van der Waals surface area contributed by atoms with E-state index in [0.29, 0.717) is 30.4 Å². The standard InChI is InChI=1S/C40H42N8O2/c41-21-33-23-44-48-25-32(20-37(39(33)48)31-2-1-16-42-22-31)34-24-43-47(26-34)35-9-3-27(4-10-35)13-17-46-18-14-29(15-19-46)28-5-7-30(8-6-28)36-11-12-38(49)45-40(36)50/h1-2,5-8,16,20,22-27,29,35-36H,3-4,9-15,17-19H2,(H,45,49,50). The summed E-state index contributed by atoms with van der Waals surface area (Å²) in [5.74, 6) is 0.777. The highest BCUT2D eigenvalue weighted by Gasteiger charge is 2.29. The van der Waals surface area contributed by atoms with Gasteiger partial charge in [-0.05, 0) is 106 Å². The van der Waals surface area contributed by atoms with Crippen molar-refractivity contribution in [3.05, 3.63) is 96.3 Å². The summed E-state index contributed by atoms with van der Waals surface area (Å²) in [6, 6.07) is 17.3. The van der Waals surface area contributed by atoms with Crippen LogP contribution in [-0.2, 0) is 9.59 Å². The molecule has 0 radical (unpaired) electrons. The number of nitrogens with zero attached hydrogens (tertiary/aromatic N) is 7. The Hall–Kier alpha value is -5.14. The summed E-state index contributed by atoms with van der Waals surface area (Å²) in [7, 11) is 0. The second-order valence-electron chi connectivity index (χ2n) is 14.3. The number of imide groups is 1. The normalized spacial score (nSPS) is 22.0. The predicted molar refractivity (Wildman–Crippen MR) is 190 cm³/mol. The molecule has 10 heteroatoms. The quantitative estimate of drug-likeness (QED) is 0.184. The molecule has 5 aromatic rings. The maximum absolute atomic E-state index is 12.3. The van der Waals surface area contributed by atoms with E-state index in [0.717, 1.165) is 65.2 Å². The Morgan fingerprint density at radius 3 is 2.38 bits per heavy atom. The first kappa shape index (κ1) is 32.1. The van der Waals surface area contributed by atoms with Crippen LogP contribution >= 0.6 is 0 Å². The summed E-state index contributed by atoms with van der Waals surface area (Å²) in [4.78, 5) is 30.7. The summed E-state index contributed by atoms with van der Waals surface area (Å²) in [5.41, 5.74) is 7.65. The number of fused-ring (bicyclic) bond motifs is 1. The minimum absolute atomic E-state index is 0.165. The van der Waals surface area contributed by atoms with E-state index >= 15 is 0 Å². The van der Waals surface area contributed by atoms with Crippen LogP contribution in [0.25, 0.3) is 27.8 Å². The lowest BCUT2D eigenvalue weighted by Crippen LogP contribution is -2.39. The molecule has 2 amide bonds. The summed E-state index contributed by atoms with van der Waals surface area (Å²) >= 11 is 0. The third-order valence-electron chi connectivity index (χ3n) is 11.3. The lowest BCUT2D eigenvalue weighted by atomic mass is 9.83. The van der Waals surface area contributed by atoms with Crippen LogP contribution < -0.4 is 5.32 Å². The zero-order valence-corrected chi connectivity index (χ0v) is 28.2. The maximum Gasteiger partial charge on any atom is 0.234 e. The molecule has 3 fully saturated rings. The highest BCUT2D eigenvalue weighted by molar-refractivity contribution is 6.00. The number of amides is 2. The summed E-state index contributed by atoms with van der Waals surface area (Å²) < 4.78 is 3.95. The van der Waals surface area contributed by atoms with Crippen molar-refractivity contribution in [3.63, 3.8) is 0 Å². The predicted octanol–water partition coefficient (Wildman–Crippen LogP) is 6.65. The lowest BCUT2D eigenvalue weighted by molar-refractivity contribution is -0.134. The number of carbonyl (C=O) groups is 2. The fraction of sp³-hybridized carbons (Fsp3) is 0.400. The monoisotopic (exact) mass is 666 g/mol. The van der Waals surface area contributed by atoms with Crippen LogP contribution in [0.1, 0.15) is 92.4 Å². The van der Waals surface area contributed by atoms with Gasteiger partial charge in [0.2, 0.25) is 11.8 Å². The topological polar surface area (TPSA) is 121 Å². The molecule has 2 saturated heterocycles. The molecule has 1 saturated carbocycles. The van der Waals surface area contributed by atoms with E-state index in [1.165, 1.54) is 44.2 Å². The number of benzene rings is 1. The summed E-state index contributed by atoms with van der Waals surface area (Å²) in [6.45, 7) is 3.44. The molecule has 1 aliphatic carbocycles. The Balaban J connectivity index is 0.825. The number of hydrogen-bond donors (Lipinski definition) is 1. The molecule has 4 aromatic heterocycles. The molecule has 6 heterocycles. The summed E-state index contributed by atoms with van der Waals surface area (Å²) in [6.07, 6.45) is 20.7. The van der Waals surface area contributed by atoms with Gasteiger partial charge in [0.15, 0.2) is 0 Å². The molecule has 1 aromatic carbocycles. The zero-order valence-electron chi connectivity index (χ0n) is 28.2. The lowest BCUT2D eigenvalue weighted by Gasteiger charge is -2.34. The van der Waals surface area contributed by atoms with E-state index < -0.39 is 0 Å². The largest absolute Gasteiger partial charge is 0.303 e. The van der Waals surface area contributed by atoms with Gasteiger partial charge in [0, 0.05) is 53.5 Å². The number of pyridine rings is 2. The van der Waals surface area contributed by atoms with Crippen molar-refractivity contribution >= 4 is 17.3 Å². The minimum Gasteiger partial charge on any atom is -0.303 e. The van der Waals surface area contributed by atoms with Gasteiger partial charge >= 0.3 is 0 Å². The van der Waals surface area contributed by atoms with Crippen LogP contribution in [-0.4, -0.2) is 60.7 Å². The van der Waals surface area contributed by atoms with Gasteiger partial charge in [-0.3, -0.25) is 24.6 Å². The third kappa shape index (κ3) is 6.58. The van der Waals surface area contributed by atoms with Crippen LogP contribution in [0.4, 0.5) is 0 Å². The van der Waals surface area contributed by atoms with Gasteiger partial charge < -0.3 is 4.90 Å². The van der Waals surface area contributed by atoms with Gasteiger partial charge in [0.25, 0.3) is 0 Å². The molecule has 8 rings (SSSR count). The highest BCUT2D eigenvalue weighted by atomic mass is 16.2. The van der Waals surface area contributed by atoms with Crippen LogP contribution in [0, 0.1) is 17.2 Å². The van der Waals surface area contributed by atoms with Crippen molar-refractivity contribution in [2.24, 2.45) is 5.92 Å². The maximum atomic E-state index is 12.3. The number of hydrogen-bond acceptors (Lipinski definition) is 7. The molecule has 254 valence electrons.